The number of nitrogen functional groups attached to an aromatic ring is 2. The van der Waals surface area contributed by atoms with Gasteiger partial charge in [0.1, 0.15) is 64.1 Å². The van der Waals surface area contributed by atoms with Crippen molar-refractivity contribution >= 4 is 60.2 Å². The molecule has 3 aromatic heterocycles. The van der Waals surface area contributed by atoms with Gasteiger partial charge in [-0.05, 0) is 25.3 Å². The van der Waals surface area contributed by atoms with E-state index in [4.69, 9.17) is 44.2 Å². The molecule has 28 nitrogen and oxygen atoms in total. The van der Waals surface area contributed by atoms with Crippen LogP contribution >= 0.6 is 15.6 Å². The summed E-state index contributed by atoms with van der Waals surface area (Å²) < 4.78 is 96.8. The van der Waals surface area contributed by atoms with Crippen LogP contribution in [0, 0.1) is 0 Å². The summed E-state index contributed by atoms with van der Waals surface area (Å²) in [7, 11) is -14.3. The molecular formula is C33H47N9O19P2S. The summed E-state index contributed by atoms with van der Waals surface area (Å²) in [5.41, 5.74) is 10.8. The van der Waals surface area contributed by atoms with Crippen LogP contribution in [0.15, 0.2) is 42.4 Å². The van der Waals surface area contributed by atoms with E-state index in [0.717, 1.165) is 17.2 Å². The summed E-state index contributed by atoms with van der Waals surface area (Å²) in [5, 5.41) is 14.1. The molecule has 64 heavy (non-hydrogen) atoms. The molecular weight excluding hydrogens is 920 g/mol. The Balaban J connectivity index is 1.28. The Hall–Kier alpha value is -4.32. The van der Waals surface area contributed by atoms with Crippen molar-refractivity contribution < 1.29 is 84.2 Å². The number of imidazole rings is 1. The maximum atomic E-state index is 13.9. The second-order valence-electron chi connectivity index (χ2n) is 14.7. The first-order valence-corrected chi connectivity index (χ1v) is 24.4. The number of anilines is 2. The zero-order valence-electron chi connectivity index (χ0n) is 33.8. The molecule has 0 bridgehead atoms. The van der Waals surface area contributed by atoms with Gasteiger partial charge in [-0.1, -0.05) is 6.08 Å². The van der Waals surface area contributed by atoms with Crippen LogP contribution in [0.5, 0.6) is 0 Å². The number of carbonyl (C=O) groups is 2. The van der Waals surface area contributed by atoms with Crippen molar-refractivity contribution in [3.63, 3.8) is 0 Å². The number of sulfone groups is 1. The number of allylic oxidation sites excluding steroid dienone is 1. The van der Waals surface area contributed by atoms with Crippen LogP contribution in [0.3, 0.4) is 0 Å². The fraction of sp³-hybridized carbons (Fsp3) is 0.606. The Morgan fingerprint density at radius 1 is 1.06 bits per heavy atom. The van der Waals surface area contributed by atoms with E-state index in [1.165, 1.54) is 29.2 Å². The number of aromatic nitrogens is 6. The largest absolute Gasteiger partial charge is 0.472 e. The normalized spacial score (nSPS) is 27.6. The van der Waals surface area contributed by atoms with E-state index in [1.807, 2.05) is 0 Å². The molecule has 0 aromatic carbocycles. The zero-order chi connectivity index (χ0) is 46.6. The highest BCUT2D eigenvalue weighted by Crippen LogP contribution is 2.51. The van der Waals surface area contributed by atoms with Gasteiger partial charge in [-0.15, -0.1) is 6.58 Å². The molecule has 6 rings (SSSR count). The number of phosphoric ester groups is 2. The van der Waals surface area contributed by atoms with Gasteiger partial charge in [-0.3, -0.25) is 27.5 Å². The highest BCUT2D eigenvalue weighted by molar-refractivity contribution is 7.90. The first-order valence-electron chi connectivity index (χ1n) is 19.3. The molecule has 0 saturated carbocycles. The Labute approximate surface area is 362 Å². The average Bonchev–Trinajstić information content (AvgIpc) is 4.01. The summed E-state index contributed by atoms with van der Waals surface area (Å²) >= 11 is 0. The fourth-order valence-electron chi connectivity index (χ4n) is 6.89. The molecule has 3 aliphatic rings. The van der Waals surface area contributed by atoms with E-state index in [9.17, 15) is 51.7 Å². The number of phosphoric acid groups is 2. The third kappa shape index (κ3) is 12.5. The summed E-state index contributed by atoms with van der Waals surface area (Å²) in [6.45, 7) is 1.81. The van der Waals surface area contributed by atoms with Crippen molar-refractivity contribution in [2.75, 3.05) is 43.3 Å². The van der Waals surface area contributed by atoms with Crippen molar-refractivity contribution in [2.24, 2.45) is 0 Å². The molecule has 0 spiro atoms. The molecule has 31 heteroatoms. The number of hydrogen-bond acceptors (Lipinski definition) is 22. The van der Waals surface area contributed by atoms with Gasteiger partial charge < -0.3 is 60.3 Å². The summed E-state index contributed by atoms with van der Waals surface area (Å²) in [6.07, 6.45) is -8.02. The molecule has 354 valence electrons. The topological polar surface area (TPSA) is 400 Å². The number of nitrogens with two attached hydrogens (primary N) is 2. The number of rotatable bonds is 21. The number of nitrogens with zero attached hydrogens (tertiary/aromatic N) is 6. The first kappa shape index (κ1) is 49.1. The second-order valence-corrected chi connectivity index (χ2v) is 19.6. The van der Waals surface area contributed by atoms with Crippen LogP contribution in [-0.4, -0.2) is 150 Å². The van der Waals surface area contributed by atoms with Gasteiger partial charge in [0.2, 0.25) is 5.91 Å². The molecule has 11 atom stereocenters. The minimum absolute atomic E-state index is 0.0414. The first-order chi connectivity index (χ1) is 30.1. The Bertz CT molecular complexity index is 2430. The maximum absolute atomic E-state index is 13.9. The molecule has 0 aliphatic carbocycles. The predicted octanol–water partition coefficient (Wildman–Crippen LogP) is -1.67. The lowest BCUT2D eigenvalue weighted by Gasteiger charge is -2.29. The van der Waals surface area contributed by atoms with Crippen molar-refractivity contribution in [1.29, 1.82) is 0 Å². The standard InChI is InChI=1S/C33H47N9O19P2S/c1-3-4-6-21(43)39-17(9-12-64(2,52)53)32(45)60-25-18(57-30(24(25)44)42-16-38-23-28(35)36-15-37-29(23)42)14-56-63(50,51)61-26-19(13-55-62(47,48)49)58-31(27(26)59-22-7-5-11-54-22)41-10-8-20(34)40-33(41)46/h3,8,10,15-19,22,24-27,30-31,44H,1,4-7,9,11-14H2,2H3,(H,39,43)(H,50,51)(H2,34,40,46)(H2,35,36,37)(H2,47,48,49)/t17?,18-,19+,22+,24+,25+,26+,27+,30+,31+/m0/s1. The lowest BCUT2D eigenvalue weighted by Crippen LogP contribution is -2.47. The van der Waals surface area contributed by atoms with E-state index < -0.39 is 130 Å². The van der Waals surface area contributed by atoms with Gasteiger partial charge in [0.05, 0.1) is 25.3 Å². The molecule has 3 aliphatic heterocycles. The van der Waals surface area contributed by atoms with Gasteiger partial charge in [-0.25, -0.2) is 42.1 Å². The number of amides is 1. The van der Waals surface area contributed by atoms with Crippen LogP contribution in [0.1, 0.15) is 44.6 Å². The van der Waals surface area contributed by atoms with Crippen LogP contribution in [0.2, 0.25) is 0 Å². The van der Waals surface area contributed by atoms with E-state index >= 15 is 0 Å². The maximum Gasteiger partial charge on any atom is 0.472 e. The van der Waals surface area contributed by atoms with E-state index in [1.54, 1.807) is 0 Å². The number of nitrogens with one attached hydrogen (secondary N) is 1. The molecule has 3 fully saturated rings. The minimum atomic E-state index is -5.46. The molecule has 0 radical (unpaired) electrons. The molecule has 3 aromatic rings. The van der Waals surface area contributed by atoms with E-state index in [-0.39, 0.29) is 42.2 Å². The third-order valence-electron chi connectivity index (χ3n) is 9.87. The number of ether oxygens (including phenoxy) is 5. The second kappa shape index (κ2) is 20.5. The van der Waals surface area contributed by atoms with Gasteiger partial charge in [-0.2, -0.15) is 4.98 Å². The molecule has 9 N–H and O–H groups in total. The number of esters is 1. The summed E-state index contributed by atoms with van der Waals surface area (Å²) in [5.74, 6) is -2.64. The van der Waals surface area contributed by atoms with Gasteiger partial charge in [0.15, 0.2) is 36.3 Å². The monoisotopic (exact) mass is 967 g/mol. The lowest BCUT2D eigenvalue weighted by molar-refractivity contribution is -0.181. The number of aliphatic hydroxyl groups is 1. The van der Waals surface area contributed by atoms with Crippen molar-refractivity contribution in [1.82, 2.24) is 34.4 Å². The minimum Gasteiger partial charge on any atom is -0.455 e. The van der Waals surface area contributed by atoms with Crippen LogP contribution in [-0.2, 0) is 65.8 Å². The van der Waals surface area contributed by atoms with Gasteiger partial charge in [0.25, 0.3) is 0 Å². The number of hydrogen-bond donors (Lipinski definition) is 7. The fourth-order valence-corrected chi connectivity index (χ4v) is 8.86. The Morgan fingerprint density at radius 3 is 2.45 bits per heavy atom. The number of aliphatic hydroxyl groups excluding tert-OH is 1. The van der Waals surface area contributed by atoms with Gasteiger partial charge >= 0.3 is 27.3 Å². The zero-order valence-corrected chi connectivity index (χ0v) is 36.4. The lowest BCUT2D eigenvalue weighted by atomic mass is 10.1. The molecule has 2 unspecified atom stereocenters. The van der Waals surface area contributed by atoms with Crippen molar-refractivity contribution in [3.05, 3.63) is 48.1 Å². The van der Waals surface area contributed by atoms with Crippen molar-refractivity contribution in [2.45, 2.75) is 93.5 Å². The van der Waals surface area contributed by atoms with E-state index in [2.05, 4.69) is 36.4 Å². The Kier molecular flexibility index (Phi) is 15.7. The number of carbonyl (C=O) groups excluding carboxylic acids is 2. The van der Waals surface area contributed by atoms with Crippen molar-refractivity contribution in [3.8, 4) is 0 Å². The van der Waals surface area contributed by atoms with Crippen LogP contribution in [0.25, 0.3) is 11.2 Å². The van der Waals surface area contributed by atoms with Crippen LogP contribution in [0.4, 0.5) is 11.6 Å². The number of fused-ring (bicyclic) bond motifs is 1. The van der Waals surface area contributed by atoms with Gasteiger partial charge in [0, 0.05) is 31.9 Å². The predicted molar refractivity (Wildman–Crippen MR) is 215 cm³/mol. The summed E-state index contributed by atoms with van der Waals surface area (Å²) in [6, 6.07) is -0.337. The molecule has 6 heterocycles. The van der Waals surface area contributed by atoms with E-state index in [0.29, 0.717) is 12.8 Å². The highest BCUT2D eigenvalue weighted by atomic mass is 32.2. The SMILES string of the molecule is C=CCCC(=O)NC(CCS(C)(=O)=O)C(=O)O[C@H]1[C@@H](O)[C@H](n2cnc3c(N)ncnc32)O[C@H]1COP(=O)(O)O[C@H]1[C@@H](O[C@@H]2CCCO2)[C@H](n2ccc(N)nc2=O)O[C@@H]1COP(=O)(O)O. The Morgan fingerprint density at radius 2 is 1.78 bits per heavy atom. The smallest absolute Gasteiger partial charge is 0.455 e. The third-order valence-corrected chi connectivity index (χ3v) is 12.3. The van der Waals surface area contributed by atoms with Crippen LogP contribution < -0.4 is 22.5 Å². The average molecular weight is 968 g/mol. The molecule has 1 amide bonds. The highest BCUT2D eigenvalue weighted by Gasteiger charge is 2.54. The quantitative estimate of drug-likeness (QED) is 0.0357. The molecule has 3 saturated heterocycles. The summed E-state index contributed by atoms with van der Waals surface area (Å²) in [4.78, 5) is 85.4.